The standard InChI is InChI=1S/C17H25N3/c1-5-17(19-15(3)18-4)9-11-20(12-10-17)16-8-6-7-14(2)13-16/h5-8,13,18-19H,1,3,9-12H2,2,4H3. The third-order valence-corrected chi connectivity index (χ3v) is 4.11. The van der Waals surface area contributed by atoms with Crippen molar-refractivity contribution in [2.75, 3.05) is 25.0 Å². The zero-order valence-corrected chi connectivity index (χ0v) is 12.6. The Hall–Kier alpha value is -1.90. The van der Waals surface area contributed by atoms with Gasteiger partial charge in [0.05, 0.1) is 11.4 Å². The quantitative estimate of drug-likeness (QED) is 0.806. The van der Waals surface area contributed by atoms with Gasteiger partial charge in [-0.25, -0.2) is 0 Å². The van der Waals surface area contributed by atoms with Crippen LogP contribution in [0.15, 0.2) is 49.3 Å². The first kappa shape index (κ1) is 14.5. The van der Waals surface area contributed by atoms with Gasteiger partial charge in [-0.3, -0.25) is 0 Å². The molecule has 3 heteroatoms. The number of rotatable bonds is 5. The Kier molecular flexibility index (Phi) is 4.38. The summed E-state index contributed by atoms with van der Waals surface area (Å²) in [5, 5.41) is 6.52. The molecule has 1 aliphatic heterocycles. The molecule has 0 atom stereocenters. The third kappa shape index (κ3) is 3.16. The topological polar surface area (TPSA) is 27.3 Å². The molecule has 2 rings (SSSR count). The van der Waals surface area contributed by atoms with Gasteiger partial charge in [-0.2, -0.15) is 0 Å². The molecule has 3 nitrogen and oxygen atoms in total. The molecular formula is C17H25N3. The number of hydrogen-bond donors (Lipinski definition) is 2. The summed E-state index contributed by atoms with van der Waals surface area (Å²) < 4.78 is 0. The Bertz CT molecular complexity index is 485. The maximum atomic E-state index is 4.01. The summed E-state index contributed by atoms with van der Waals surface area (Å²) in [7, 11) is 1.88. The van der Waals surface area contributed by atoms with Crippen LogP contribution in [0.2, 0.25) is 0 Å². The van der Waals surface area contributed by atoms with Crippen molar-refractivity contribution < 1.29 is 0 Å². The fraction of sp³-hybridized carbons (Fsp3) is 0.412. The van der Waals surface area contributed by atoms with E-state index in [1.807, 2.05) is 13.1 Å². The largest absolute Gasteiger partial charge is 0.375 e. The van der Waals surface area contributed by atoms with E-state index in [0.717, 1.165) is 31.8 Å². The smallest absolute Gasteiger partial charge is 0.0916 e. The Morgan fingerprint density at radius 2 is 2.05 bits per heavy atom. The molecule has 0 bridgehead atoms. The van der Waals surface area contributed by atoms with E-state index in [1.54, 1.807) is 0 Å². The predicted molar refractivity (Wildman–Crippen MR) is 86.9 cm³/mol. The highest BCUT2D eigenvalue weighted by Crippen LogP contribution is 2.28. The molecule has 0 radical (unpaired) electrons. The third-order valence-electron chi connectivity index (χ3n) is 4.11. The van der Waals surface area contributed by atoms with Crippen LogP contribution in [0.3, 0.4) is 0 Å². The summed E-state index contributed by atoms with van der Waals surface area (Å²) in [6, 6.07) is 8.70. The highest BCUT2D eigenvalue weighted by Gasteiger charge is 2.31. The van der Waals surface area contributed by atoms with Crippen molar-refractivity contribution in [1.82, 2.24) is 10.6 Å². The van der Waals surface area contributed by atoms with Crippen molar-refractivity contribution in [3.8, 4) is 0 Å². The summed E-state index contributed by atoms with van der Waals surface area (Å²) in [5.74, 6) is 0.855. The van der Waals surface area contributed by atoms with Crippen LogP contribution < -0.4 is 15.5 Å². The zero-order chi connectivity index (χ0) is 14.6. The minimum atomic E-state index is -0.0413. The first-order valence-electron chi connectivity index (χ1n) is 7.19. The first-order chi connectivity index (χ1) is 9.58. The summed E-state index contributed by atoms with van der Waals surface area (Å²) in [4.78, 5) is 2.44. The van der Waals surface area contributed by atoms with E-state index in [0.29, 0.717) is 0 Å². The lowest BCUT2D eigenvalue weighted by atomic mass is 9.87. The molecule has 0 aromatic heterocycles. The Balaban J connectivity index is 2.03. The van der Waals surface area contributed by atoms with Crippen LogP contribution in [-0.2, 0) is 0 Å². The number of aryl methyl sites for hydroxylation is 1. The van der Waals surface area contributed by atoms with Gasteiger partial charge in [-0.05, 0) is 37.5 Å². The fourth-order valence-corrected chi connectivity index (χ4v) is 2.73. The van der Waals surface area contributed by atoms with Gasteiger partial charge in [-0.1, -0.05) is 24.8 Å². The number of nitrogens with one attached hydrogen (secondary N) is 2. The van der Waals surface area contributed by atoms with E-state index in [2.05, 4.69) is 59.9 Å². The van der Waals surface area contributed by atoms with E-state index in [1.165, 1.54) is 11.3 Å². The molecule has 2 N–H and O–H groups in total. The van der Waals surface area contributed by atoms with Crippen LogP contribution in [0.4, 0.5) is 5.69 Å². The number of hydrogen-bond acceptors (Lipinski definition) is 3. The van der Waals surface area contributed by atoms with Gasteiger partial charge in [0, 0.05) is 25.8 Å². The van der Waals surface area contributed by atoms with E-state index in [4.69, 9.17) is 0 Å². The molecule has 1 aromatic carbocycles. The molecule has 0 unspecified atom stereocenters. The van der Waals surface area contributed by atoms with Crippen molar-refractivity contribution in [2.45, 2.75) is 25.3 Å². The van der Waals surface area contributed by atoms with Gasteiger partial charge in [0.15, 0.2) is 0 Å². The first-order valence-corrected chi connectivity index (χ1v) is 7.19. The fourth-order valence-electron chi connectivity index (χ4n) is 2.73. The second-order valence-electron chi connectivity index (χ2n) is 5.54. The normalized spacial score (nSPS) is 17.4. The van der Waals surface area contributed by atoms with E-state index in [-0.39, 0.29) is 5.54 Å². The highest BCUT2D eigenvalue weighted by molar-refractivity contribution is 5.49. The Morgan fingerprint density at radius 3 is 2.60 bits per heavy atom. The molecular weight excluding hydrogens is 246 g/mol. The van der Waals surface area contributed by atoms with E-state index >= 15 is 0 Å². The van der Waals surface area contributed by atoms with Crippen LogP contribution in [0.25, 0.3) is 0 Å². The van der Waals surface area contributed by atoms with Crippen LogP contribution in [-0.4, -0.2) is 25.7 Å². The second-order valence-corrected chi connectivity index (χ2v) is 5.54. The minimum absolute atomic E-state index is 0.0413. The number of piperidine rings is 1. The van der Waals surface area contributed by atoms with Crippen molar-refractivity contribution in [2.24, 2.45) is 0 Å². The van der Waals surface area contributed by atoms with Gasteiger partial charge in [-0.15, -0.1) is 6.58 Å². The molecule has 1 fully saturated rings. The SMILES string of the molecule is C=CC1(NC(=C)NC)CCN(c2cccc(C)c2)CC1. The average Bonchev–Trinajstić information content (AvgIpc) is 2.48. The maximum absolute atomic E-state index is 4.01. The molecule has 1 heterocycles. The van der Waals surface area contributed by atoms with Crippen molar-refractivity contribution in [1.29, 1.82) is 0 Å². The summed E-state index contributed by atoms with van der Waals surface area (Å²) >= 11 is 0. The monoisotopic (exact) mass is 271 g/mol. The molecule has 1 aliphatic rings. The van der Waals surface area contributed by atoms with Gasteiger partial charge >= 0.3 is 0 Å². The second kappa shape index (κ2) is 6.04. The maximum Gasteiger partial charge on any atom is 0.0916 e. The Morgan fingerprint density at radius 1 is 1.35 bits per heavy atom. The van der Waals surface area contributed by atoms with Crippen LogP contribution in [0, 0.1) is 6.92 Å². The zero-order valence-electron chi connectivity index (χ0n) is 12.6. The number of anilines is 1. The van der Waals surface area contributed by atoms with Crippen molar-refractivity contribution in [3.05, 3.63) is 54.9 Å². The molecule has 20 heavy (non-hydrogen) atoms. The molecule has 1 aromatic rings. The Labute approximate surface area is 122 Å². The summed E-state index contributed by atoms with van der Waals surface area (Å²) in [5.41, 5.74) is 2.58. The van der Waals surface area contributed by atoms with Crippen molar-refractivity contribution >= 4 is 5.69 Å². The lowest BCUT2D eigenvalue weighted by molar-refractivity contribution is 0.343. The molecule has 0 amide bonds. The lowest BCUT2D eigenvalue weighted by Crippen LogP contribution is -2.53. The predicted octanol–water partition coefficient (Wildman–Crippen LogP) is 2.80. The summed E-state index contributed by atoms with van der Waals surface area (Å²) in [6.07, 6.45) is 4.10. The van der Waals surface area contributed by atoms with Gasteiger partial charge < -0.3 is 15.5 Å². The molecule has 0 spiro atoms. The van der Waals surface area contributed by atoms with Gasteiger partial charge in [0.25, 0.3) is 0 Å². The summed E-state index contributed by atoms with van der Waals surface area (Å²) in [6.45, 7) is 12.2. The number of nitrogens with zero attached hydrogens (tertiary/aromatic N) is 1. The minimum Gasteiger partial charge on any atom is -0.375 e. The van der Waals surface area contributed by atoms with E-state index in [9.17, 15) is 0 Å². The molecule has 0 aliphatic carbocycles. The van der Waals surface area contributed by atoms with Crippen LogP contribution >= 0.6 is 0 Å². The van der Waals surface area contributed by atoms with Gasteiger partial charge in [0.1, 0.15) is 0 Å². The molecule has 0 saturated carbocycles. The number of benzene rings is 1. The van der Waals surface area contributed by atoms with Crippen LogP contribution in [0.1, 0.15) is 18.4 Å². The van der Waals surface area contributed by atoms with Crippen LogP contribution in [0.5, 0.6) is 0 Å². The lowest BCUT2D eigenvalue weighted by Gasteiger charge is -2.42. The van der Waals surface area contributed by atoms with Gasteiger partial charge in [0.2, 0.25) is 0 Å². The molecule has 1 saturated heterocycles. The average molecular weight is 271 g/mol. The van der Waals surface area contributed by atoms with E-state index < -0.39 is 0 Å². The molecule has 108 valence electrons. The van der Waals surface area contributed by atoms with Crippen molar-refractivity contribution in [3.63, 3.8) is 0 Å². The highest BCUT2D eigenvalue weighted by atomic mass is 15.2.